The fraction of sp³-hybridized carbons (Fsp3) is 0. The molecule has 0 saturated heterocycles. The third kappa shape index (κ3) is 3.07. The van der Waals surface area contributed by atoms with Gasteiger partial charge in [-0.3, -0.25) is 0 Å². The van der Waals surface area contributed by atoms with Gasteiger partial charge in [0.25, 0.3) is 0 Å². The van der Waals surface area contributed by atoms with Crippen molar-refractivity contribution in [1.82, 2.24) is 15.0 Å². The van der Waals surface area contributed by atoms with Crippen LogP contribution in [0.2, 0.25) is 0 Å². The van der Waals surface area contributed by atoms with Gasteiger partial charge in [-0.2, -0.15) is 0 Å². The van der Waals surface area contributed by atoms with E-state index in [-0.39, 0.29) is 17.8 Å². The van der Waals surface area contributed by atoms with Crippen LogP contribution in [0.3, 0.4) is 0 Å². The monoisotopic (exact) mass is 310 g/mol. The molecule has 18 heavy (non-hydrogen) atoms. The number of nitrogens with one attached hydrogen (secondary N) is 1. The van der Waals surface area contributed by atoms with Gasteiger partial charge in [-0.1, -0.05) is 0 Å². The zero-order chi connectivity index (χ0) is 13.1. The van der Waals surface area contributed by atoms with Crippen molar-refractivity contribution < 1.29 is 8.19 Å². The molecule has 9 heteroatoms. The molecule has 0 atom stereocenters. The van der Waals surface area contributed by atoms with Gasteiger partial charge in [-0.15, -0.1) is 0 Å². The van der Waals surface area contributed by atoms with E-state index in [1.807, 2.05) is 0 Å². The summed E-state index contributed by atoms with van der Waals surface area (Å²) in [6, 6.07) is 6.60. The molecule has 0 spiro atoms. The first kappa shape index (κ1) is 12.6. The Kier molecular flexibility index (Phi) is 3.61. The van der Waals surface area contributed by atoms with Gasteiger partial charge in [0, 0.05) is 0 Å². The predicted octanol–water partition coefficient (Wildman–Crippen LogP) is -1.54. The van der Waals surface area contributed by atoms with Crippen LogP contribution in [0.5, 0.6) is 0 Å². The molecule has 1 aromatic heterocycles. The van der Waals surface area contributed by atoms with Crippen LogP contribution in [0.25, 0.3) is 0 Å². The van der Waals surface area contributed by atoms with Crippen LogP contribution in [0, 0.1) is 0 Å². The molecule has 0 saturated carbocycles. The van der Waals surface area contributed by atoms with Crippen LogP contribution < -0.4 is 21.1 Å². The molecule has 8 nitrogen and oxygen atoms in total. The van der Waals surface area contributed by atoms with Crippen molar-refractivity contribution in [2.24, 2.45) is 0 Å². The number of nitrogen functional groups attached to an aromatic ring is 2. The second-order valence-electron chi connectivity index (χ2n) is 3.34. The fourth-order valence-corrected chi connectivity index (χ4v) is 2.14. The van der Waals surface area contributed by atoms with Crippen LogP contribution in [-0.2, 0) is 0 Å². The van der Waals surface area contributed by atoms with E-state index in [1.54, 1.807) is 24.3 Å². The maximum absolute atomic E-state index is 9.09. The minimum absolute atomic E-state index is 0.0279. The molecule has 0 aliphatic rings. The van der Waals surface area contributed by atoms with E-state index in [9.17, 15) is 0 Å². The average molecular weight is 310 g/mol. The van der Waals surface area contributed by atoms with E-state index in [2.05, 4.69) is 20.3 Å². The summed E-state index contributed by atoms with van der Waals surface area (Å²) in [5, 5.41) is 2.88. The first-order valence-electron chi connectivity index (χ1n) is 4.86. The molecular weight excluding hydrogens is 299 g/mol. The number of nitrogens with zero attached hydrogens (tertiary/aromatic N) is 3. The minimum atomic E-state index is -2.82. The van der Waals surface area contributed by atoms with Crippen molar-refractivity contribution in [2.75, 3.05) is 16.8 Å². The summed E-state index contributed by atoms with van der Waals surface area (Å²) in [4.78, 5) is 11.4. The summed E-state index contributed by atoms with van der Waals surface area (Å²) in [5.74, 6) is 0.288. The van der Waals surface area contributed by atoms with E-state index >= 15 is 0 Å². The summed E-state index contributed by atoms with van der Waals surface area (Å²) >= 11 is -2.82. The molecule has 0 bridgehead atoms. The number of benzene rings is 1. The Balaban J connectivity index is 2.18. The summed E-state index contributed by atoms with van der Waals surface area (Å²) in [6.45, 7) is 0. The Hall–Kier alpha value is -1.89. The van der Waals surface area contributed by atoms with Crippen molar-refractivity contribution >= 4 is 43.2 Å². The second-order valence-corrected chi connectivity index (χ2v) is 5.63. The second kappa shape index (κ2) is 5.17. The predicted molar refractivity (Wildman–Crippen MR) is 68.2 cm³/mol. The number of anilines is 4. The van der Waals surface area contributed by atoms with Gasteiger partial charge in [0.05, 0.1) is 0 Å². The Labute approximate surface area is 108 Å². The van der Waals surface area contributed by atoms with Gasteiger partial charge in [-0.05, 0) is 0 Å². The zero-order valence-corrected chi connectivity index (χ0v) is 11.0. The van der Waals surface area contributed by atoms with Gasteiger partial charge >= 0.3 is 107 Å². The summed E-state index contributed by atoms with van der Waals surface area (Å²) < 4.78 is 18.7. The van der Waals surface area contributed by atoms with E-state index in [0.717, 1.165) is 0 Å². The fourth-order valence-electron chi connectivity index (χ4n) is 1.27. The topological polar surface area (TPSA) is 143 Å². The Morgan fingerprint density at radius 3 is 2.00 bits per heavy atom. The van der Waals surface area contributed by atoms with Crippen LogP contribution in [0.4, 0.5) is 23.5 Å². The van der Waals surface area contributed by atoms with Gasteiger partial charge in [0.15, 0.2) is 0 Å². The van der Waals surface area contributed by atoms with Crippen LogP contribution in [-0.4, -0.2) is 38.5 Å². The van der Waals surface area contributed by atoms with E-state index < -0.39 is 15.3 Å². The SMILES string of the molecule is Nc1nc(N)nc(Nc2ccc([As](O)O)cc2)n1. The Bertz CT molecular complexity index is 527. The number of hydrogen-bond acceptors (Lipinski definition) is 8. The van der Waals surface area contributed by atoms with Crippen LogP contribution in [0.1, 0.15) is 0 Å². The average Bonchev–Trinajstić information content (AvgIpc) is 2.28. The van der Waals surface area contributed by atoms with E-state index in [0.29, 0.717) is 10.0 Å². The molecule has 0 unspecified atom stereocenters. The van der Waals surface area contributed by atoms with E-state index in [4.69, 9.17) is 19.7 Å². The van der Waals surface area contributed by atoms with Gasteiger partial charge < -0.3 is 0 Å². The number of rotatable bonds is 3. The first-order valence-corrected chi connectivity index (χ1v) is 7.48. The molecule has 1 heterocycles. The third-order valence-corrected chi connectivity index (χ3v) is 3.62. The standard InChI is InChI=1S/C9H11AsN6O2/c11-7-14-8(12)16-9(15-7)13-6-3-1-5(2-4-6)10(17)18/h1-4,17-18H,(H5,11,12,13,14,15,16). The van der Waals surface area contributed by atoms with Gasteiger partial charge in [0.2, 0.25) is 0 Å². The molecule has 1 aromatic carbocycles. The molecule has 0 amide bonds. The van der Waals surface area contributed by atoms with Crippen LogP contribution in [0.15, 0.2) is 24.3 Å². The molecule has 7 N–H and O–H groups in total. The molecule has 0 fully saturated rings. The summed E-state index contributed by atoms with van der Waals surface area (Å²) in [5.41, 5.74) is 11.5. The Morgan fingerprint density at radius 2 is 1.50 bits per heavy atom. The number of nitrogens with two attached hydrogens (primary N) is 2. The summed E-state index contributed by atoms with van der Waals surface area (Å²) in [7, 11) is 0. The third-order valence-electron chi connectivity index (χ3n) is 2.02. The van der Waals surface area contributed by atoms with Gasteiger partial charge in [0.1, 0.15) is 0 Å². The molecule has 0 aliphatic heterocycles. The Morgan fingerprint density at radius 1 is 0.944 bits per heavy atom. The van der Waals surface area contributed by atoms with Crippen molar-refractivity contribution in [3.63, 3.8) is 0 Å². The van der Waals surface area contributed by atoms with Gasteiger partial charge in [-0.25, -0.2) is 0 Å². The number of hydrogen-bond donors (Lipinski definition) is 5. The molecule has 0 aliphatic carbocycles. The van der Waals surface area contributed by atoms with Crippen molar-refractivity contribution in [1.29, 1.82) is 0 Å². The van der Waals surface area contributed by atoms with Crippen molar-refractivity contribution in [2.45, 2.75) is 0 Å². The number of aromatic nitrogens is 3. The molecule has 0 radical (unpaired) electrons. The van der Waals surface area contributed by atoms with Crippen molar-refractivity contribution in [3.05, 3.63) is 24.3 Å². The van der Waals surface area contributed by atoms with E-state index in [1.165, 1.54) is 0 Å². The molecular formula is C9H11AsN6O2. The quantitative estimate of drug-likeness (QED) is 0.429. The van der Waals surface area contributed by atoms with Crippen molar-refractivity contribution in [3.8, 4) is 0 Å². The molecule has 2 rings (SSSR count). The molecule has 94 valence electrons. The normalized spacial score (nSPS) is 10.6. The molecule has 2 aromatic rings. The first-order chi connectivity index (χ1) is 8.54. The summed E-state index contributed by atoms with van der Waals surface area (Å²) in [6.07, 6.45) is 0. The maximum atomic E-state index is 9.09. The zero-order valence-electron chi connectivity index (χ0n) is 9.15. The van der Waals surface area contributed by atoms with Crippen LogP contribution >= 0.6 is 0 Å².